The summed E-state index contributed by atoms with van der Waals surface area (Å²) in [6, 6.07) is 19.1. The fraction of sp³-hybridized carbons (Fsp3) is 0.182. The van der Waals surface area contributed by atoms with Gasteiger partial charge in [0.1, 0.15) is 35.8 Å². The summed E-state index contributed by atoms with van der Waals surface area (Å²) in [4.78, 5) is 1.92. The van der Waals surface area contributed by atoms with Gasteiger partial charge in [-0.05, 0) is 42.0 Å². The predicted molar refractivity (Wildman–Crippen MR) is 105 cm³/mol. The van der Waals surface area contributed by atoms with E-state index in [0.717, 1.165) is 28.3 Å². The normalized spacial score (nSPS) is 10.3. The molecule has 2 rings (SSSR count). The van der Waals surface area contributed by atoms with Crippen molar-refractivity contribution in [2.24, 2.45) is 0 Å². The molecule has 0 unspecified atom stereocenters. The maximum atomic E-state index is 8.93. The molecule has 0 fully saturated rings. The number of nitriles is 2. The maximum absolute atomic E-state index is 8.93. The standard InChI is InChI=1S/C22H21N3O2/c1-25(2)21(13-10-18(14-23)15-24)20-6-4-5-7-22(20)27-16-17-8-11-19(26-3)12-9-17/h4-13H,16H2,1-3H3. The van der Waals surface area contributed by atoms with E-state index in [1.807, 2.05) is 79.7 Å². The van der Waals surface area contributed by atoms with Gasteiger partial charge in [0.25, 0.3) is 0 Å². The van der Waals surface area contributed by atoms with Crippen molar-refractivity contribution in [2.75, 3.05) is 21.2 Å². The zero-order valence-electron chi connectivity index (χ0n) is 15.6. The largest absolute Gasteiger partial charge is 0.497 e. The third kappa shape index (κ3) is 5.39. The van der Waals surface area contributed by atoms with Crippen molar-refractivity contribution in [3.8, 4) is 23.6 Å². The Hall–Kier alpha value is -3.70. The molecule has 136 valence electrons. The Morgan fingerprint density at radius 3 is 2.26 bits per heavy atom. The zero-order chi connectivity index (χ0) is 19.6. The van der Waals surface area contributed by atoms with E-state index in [-0.39, 0.29) is 5.57 Å². The van der Waals surface area contributed by atoms with Crippen LogP contribution in [0.1, 0.15) is 11.1 Å². The Kier molecular flexibility index (Phi) is 7.05. The molecule has 0 N–H and O–H groups in total. The van der Waals surface area contributed by atoms with Gasteiger partial charge in [0.2, 0.25) is 0 Å². The Morgan fingerprint density at radius 1 is 1.00 bits per heavy atom. The minimum absolute atomic E-state index is 0.0472. The van der Waals surface area contributed by atoms with E-state index in [4.69, 9.17) is 20.0 Å². The molecule has 27 heavy (non-hydrogen) atoms. The second-order valence-corrected chi connectivity index (χ2v) is 5.88. The van der Waals surface area contributed by atoms with Crippen LogP contribution in [0.15, 0.2) is 66.3 Å². The van der Waals surface area contributed by atoms with E-state index < -0.39 is 0 Å². The van der Waals surface area contributed by atoms with Crippen LogP contribution in [0.5, 0.6) is 11.5 Å². The van der Waals surface area contributed by atoms with Gasteiger partial charge in [0.05, 0.1) is 7.11 Å². The van der Waals surface area contributed by atoms with Crippen LogP contribution in [0.25, 0.3) is 5.70 Å². The Bertz CT molecular complexity index is 898. The molecule has 0 aromatic heterocycles. The predicted octanol–water partition coefficient (Wildman–Crippen LogP) is 4.15. The number of allylic oxidation sites excluding steroid dienone is 3. The molecular weight excluding hydrogens is 338 g/mol. The summed E-state index contributed by atoms with van der Waals surface area (Å²) in [6.07, 6.45) is 3.26. The molecule has 0 aliphatic heterocycles. The molecule has 2 aromatic carbocycles. The number of hydrogen-bond acceptors (Lipinski definition) is 5. The summed E-state index contributed by atoms with van der Waals surface area (Å²) in [5.74, 6) is 1.52. The van der Waals surface area contributed by atoms with Crippen molar-refractivity contribution in [1.29, 1.82) is 10.5 Å². The number of benzene rings is 2. The molecule has 5 heteroatoms. The minimum atomic E-state index is 0.0472. The van der Waals surface area contributed by atoms with Gasteiger partial charge in [-0.2, -0.15) is 10.5 Å². The quantitative estimate of drug-likeness (QED) is 0.549. The second kappa shape index (κ2) is 9.70. The number of hydrogen-bond donors (Lipinski definition) is 0. The number of methoxy groups -OCH3 is 1. The van der Waals surface area contributed by atoms with Gasteiger partial charge in [-0.25, -0.2) is 0 Å². The fourth-order valence-electron chi connectivity index (χ4n) is 2.43. The van der Waals surface area contributed by atoms with E-state index in [1.165, 1.54) is 6.08 Å². The Balaban J connectivity index is 2.29. The second-order valence-electron chi connectivity index (χ2n) is 5.88. The van der Waals surface area contributed by atoms with E-state index in [9.17, 15) is 0 Å². The first-order valence-electron chi connectivity index (χ1n) is 8.33. The van der Waals surface area contributed by atoms with Crippen LogP contribution in [-0.2, 0) is 6.61 Å². The zero-order valence-corrected chi connectivity index (χ0v) is 15.6. The van der Waals surface area contributed by atoms with Gasteiger partial charge < -0.3 is 14.4 Å². The van der Waals surface area contributed by atoms with Gasteiger partial charge in [-0.3, -0.25) is 0 Å². The molecular formula is C22H21N3O2. The van der Waals surface area contributed by atoms with Crippen molar-refractivity contribution >= 4 is 5.70 Å². The van der Waals surface area contributed by atoms with Crippen molar-refractivity contribution in [2.45, 2.75) is 6.61 Å². The molecule has 0 aliphatic carbocycles. The van der Waals surface area contributed by atoms with E-state index in [1.54, 1.807) is 13.2 Å². The maximum Gasteiger partial charge on any atom is 0.129 e. The van der Waals surface area contributed by atoms with Crippen molar-refractivity contribution in [3.05, 3.63) is 77.4 Å². The highest BCUT2D eigenvalue weighted by molar-refractivity contribution is 5.70. The first-order valence-corrected chi connectivity index (χ1v) is 8.33. The molecule has 0 saturated carbocycles. The van der Waals surface area contributed by atoms with Crippen LogP contribution in [0.4, 0.5) is 0 Å². The van der Waals surface area contributed by atoms with Crippen molar-refractivity contribution in [1.82, 2.24) is 4.90 Å². The van der Waals surface area contributed by atoms with E-state index >= 15 is 0 Å². The van der Waals surface area contributed by atoms with Crippen LogP contribution in [0, 0.1) is 22.7 Å². The average molecular weight is 359 g/mol. The lowest BCUT2D eigenvalue weighted by molar-refractivity contribution is 0.304. The number of nitrogens with zero attached hydrogens (tertiary/aromatic N) is 3. The first-order chi connectivity index (χ1) is 13.1. The highest BCUT2D eigenvalue weighted by Crippen LogP contribution is 2.28. The molecule has 0 atom stereocenters. The molecule has 5 nitrogen and oxygen atoms in total. The van der Waals surface area contributed by atoms with Crippen LogP contribution < -0.4 is 9.47 Å². The molecule has 0 spiro atoms. The van der Waals surface area contributed by atoms with E-state index in [0.29, 0.717) is 6.61 Å². The molecule has 0 bridgehead atoms. The van der Waals surface area contributed by atoms with Gasteiger partial charge >= 0.3 is 0 Å². The number of ether oxygens (including phenoxy) is 2. The average Bonchev–Trinajstić information content (AvgIpc) is 2.70. The van der Waals surface area contributed by atoms with Gasteiger partial charge in [-0.15, -0.1) is 0 Å². The summed E-state index contributed by atoms with van der Waals surface area (Å²) < 4.78 is 11.2. The van der Waals surface area contributed by atoms with Gasteiger partial charge in [0, 0.05) is 25.4 Å². The molecule has 0 aliphatic rings. The monoisotopic (exact) mass is 359 g/mol. The van der Waals surface area contributed by atoms with Gasteiger partial charge in [0.15, 0.2) is 0 Å². The summed E-state index contributed by atoms with van der Waals surface area (Å²) in [6.45, 7) is 0.416. The van der Waals surface area contributed by atoms with Gasteiger partial charge in [-0.1, -0.05) is 24.3 Å². The third-order valence-corrected chi connectivity index (χ3v) is 3.85. The molecule has 0 saturated heterocycles. The number of para-hydroxylation sites is 1. The van der Waals surface area contributed by atoms with Crippen molar-refractivity contribution < 1.29 is 9.47 Å². The number of rotatable bonds is 7. The molecule has 0 radical (unpaired) electrons. The smallest absolute Gasteiger partial charge is 0.129 e. The lowest BCUT2D eigenvalue weighted by Gasteiger charge is -2.20. The van der Waals surface area contributed by atoms with E-state index in [2.05, 4.69) is 0 Å². The van der Waals surface area contributed by atoms with Crippen LogP contribution >= 0.6 is 0 Å². The SMILES string of the molecule is COc1ccc(COc2ccccc2C(=CC=C(C#N)C#N)N(C)C)cc1. The third-order valence-electron chi connectivity index (χ3n) is 3.85. The Morgan fingerprint density at radius 2 is 1.67 bits per heavy atom. The van der Waals surface area contributed by atoms with Crippen LogP contribution in [-0.4, -0.2) is 26.1 Å². The summed E-state index contributed by atoms with van der Waals surface area (Å²) in [5, 5.41) is 17.9. The van der Waals surface area contributed by atoms with Crippen LogP contribution in [0.3, 0.4) is 0 Å². The lowest BCUT2D eigenvalue weighted by Crippen LogP contribution is -2.11. The van der Waals surface area contributed by atoms with Crippen LogP contribution in [0.2, 0.25) is 0 Å². The molecule has 2 aromatic rings. The first kappa shape index (κ1) is 19.6. The summed E-state index contributed by atoms with van der Waals surface area (Å²) in [7, 11) is 5.44. The highest BCUT2D eigenvalue weighted by atomic mass is 16.5. The topological polar surface area (TPSA) is 69.3 Å². The Labute approximate surface area is 160 Å². The van der Waals surface area contributed by atoms with Crippen molar-refractivity contribution in [3.63, 3.8) is 0 Å². The molecule has 0 heterocycles. The lowest BCUT2D eigenvalue weighted by atomic mass is 10.1. The summed E-state index contributed by atoms with van der Waals surface area (Å²) in [5.41, 5.74) is 2.79. The molecule has 0 amide bonds. The summed E-state index contributed by atoms with van der Waals surface area (Å²) >= 11 is 0. The highest BCUT2D eigenvalue weighted by Gasteiger charge is 2.10. The minimum Gasteiger partial charge on any atom is -0.497 e. The fourth-order valence-corrected chi connectivity index (χ4v) is 2.43.